The summed E-state index contributed by atoms with van der Waals surface area (Å²) in [5.74, 6) is 0.142. The van der Waals surface area contributed by atoms with Crippen molar-refractivity contribution < 1.29 is 4.79 Å². The summed E-state index contributed by atoms with van der Waals surface area (Å²) in [6.07, 6.45) is 3.12. The van der Waals surface area contributed by atoms with Crippen molar-refractivity contribution in [3.8, 4) is 0 Å². The molecule has 1 unspecified atom stereocenters. The quantitative estimate of drug-likeness (QED) is 0.357. The number of thiophene rings is 1. The lowest BCUT2D eigenvalue weighted by Gasteiger charge is -2.15. The van der Waals surface area contributed by atoms with E-state index in [1.165, 1.54) is 27.6 Å². The van der Waals surface area contributed by atoms with Gasteiger partial charge in [-0.1, -0.05) is 48.2 Å². The van der Waals surface area contributed by atoms with Crippen LogP contribution in [-0.4, -0.2) is 21.2 Å². The van der Waals surface area contributed by atoms with Crippen LogP contribution in [0.5, 0.6) is 0 Å². The molecule has 158 valence electrons. The van der Waals surface area contributed by atoms with Gasteiger partial charge in [0, 0.05) is 11.9 Å². The number of hydrogen-bond donors (Lipinski definition) is 1. The molecule has 1 aliphatic rings. The van der Waals surface area contributed by atoms with E-state index in [9.17, 15) is 9.59 Å². The number of nitrogens with one attached hydrogen (secondary N) is 1. The van der Waals surface area contributed by atoms with E-state index in [-0.39, 0.29) is 23.3 Å². The zero-order valence-electron chi connectivity index (χ0n) is 17.5. The Morgan fingerprint density at radius 3 is 2.87 bits per heavy atom. The van der Waals surface area contributed by atoms with E-state index in [4.69, 9.17) is 4.98 Å². The predicted molar refractivity (Wildman–Crippen MR) is 128 cm³/mol. The highest BCUT2D eigenvalue weighted by atomic mass is 32.2. The molecule has 0 radical (unpaired) electrons. The molecule has 0 bridgehead atoms. The summed E-state index contributed by atoms with van der Waals surface area (Å²) in [5, 5.41) is 6.77. The molecule has 0 saturated heterocycles. The van der Waals surface area contributed by atoms with Gasteiger partial charge in [0.2, 0.25) is 5.91 Å². The van der Waals surface area contributed by atoms with Crippen molar-refractivity contribution in [1.82, 2.24) is 14.9 Å². The summed E-state index contributed by atoms with van der Waals surface area (Å²) in [6.45, 7) is 1.99. The Kier molecular flexibility index (Phi) is 5.32. The first-order valence-corrected chi connectivity index (χ1v) is 12.2. The van der Waals surface area contributed by atoms with Crippen molar-refractivity contribution in [2.75, 3.05) is 5.75 Å². The minimum atomic E-state index is -0.0998. The smallest absolute Gasteiger partial charge is 0.262 e. The number of aryl methyl sites for hydroxylation is 2. The number of hydrogen-bond acceptors (Lipinski definition) is 5. The van der Waals surface area contributed by atoms with E-state index in [1.807, 2.05) is 19.1 Å². The molecule has 1 aliphatic carbocycles. The third-order valence-corrected chi connectivity index (χ3v) is 8.10. The monoisotopic (exact) mass is 449 g/mol. The average molecular weight is 450 g/mol. The van der Waals surface area contributed by atoms with Gasteiger partial charge in [-0.25, -0.2) is 4.98 Å². The number of benzene rings is 2. The SMILES string of the molecule is CC(NC(=O)CSc1nc2sc3c(c2c(=O)n1C)CCC3)c1ccc2ccccc2c1. The second kappa shape index (κ2) is 8.13. The maximum atomic E-state index is 12.9. The Labute approximate surface area is 188 Å². The molecule has 4 aromatic rings. The first-order valence-electron chi connectivity index (χ1n) is 10.4. The van der Waals surface area contributed by atoms with E-state index in [1.54, 1.807) is 23.0 Å². The molecule has 7 heteroatoms. The summed E-state index contributed by atoms with van der Waals surface area (Å²) in [7, 11) is 1.74. The third-order valence-electron chi connectivity index (χ3n) is 5.89. The minimum absolute atomic E-state index is 0.00293. The molecule has 1 amide bonds. The molecule has 5 rings (SSSR count). The molecule has 2 aromatic heterocycles. The first-order chi connectivity index (χ1) is 15.0. The van der Waals surface area contributed by atoms with Gasteiger partial charge in [-0.15, -0.1) is 11.3 Å². The first kappa shape index (κ1) is 20.3. The molecule has 0 aliphatic heterocycles. The van der Waals surface area contributed by atoms with Gasteiger partial charge in [0.25, 0.3) is 5.56 Å². The number of carbonyl (C=O) groups is 1. The molecule has 5 nitrogen and oxygen atoms in total. The van der Waals surface area contributed by atoms with Gasteiger partial charge in [0.05, 0.1) is 17.2 Å². The predicted octanol–water partition coefficient (Wildman–Crippen LogP) is 4.61. The zero-order valence-corrected chi connectivity index (χ0v) is 19.1. The van der Waals surface area contributed by atoms with Crippen LogP contribution in [0.1, 0.15) is 35.4 Å². The lowest BCUT2D eigenvalue weighted by atomic mass is 10.0. The van der Waals surface area contributed by atoms with E-state index >= 15 is 0 Å². The minimum Gasteiger partial charge on any atom is -0.349 e. The molecular formula is C24H23N3O2S2. The fraction of sp³-hybridized carbons (Fsp3) is 0.292. The highest BCUT2D eigenvalue weighted by Crippen LogP contribution is 2.35. The standard InChI is InChI=1S/C24H23N3O2S2/c1-14(16-11-10-15-6-3-4-7-17(15)12-16)25-20(28)13-30-24-26-22-21(23(29)27(24)2)18-8-5-9-19(18)31-22/h3-4,6-7,10-12,14H,5,8-9,13H2,1-2H3,(H,25,28). The van der Waals surface area contributed by atoms with Gasteiger partial charge in [0.15, 0.2) is 5.16 Å². The summed E-state index contributed by atoms with van der Waals surface area (Å²) >= 11 is 2.94. The number of amides is 1. The average Bonchev–Trinajstić information content (AvgIpc) is 3.35. The van der Waals surface area contributed by atoms with Gasteiger partial charge in [-0.3, -0.25) is 14.2 Å². The van der Waals surface area contributed by atoms with Crippen LogP contribution in [0, 0.1) is 0 Å². The molecule has 31 heavy (non-hydrogen) atoms. The maximum Gasteiger partial charge on any atom is 0.262 e. The summed E-state index contributed by atoms with van der Waals surface area (Å²) in [4.78, 5) is 32.3. The van der Waals surface area contributed by atoms with E-state index in [2.05, 4.69) is 35.6 Å². The summed E-state index contributed by atoms with van der Waals surface area (Å²) < 4.78 is 1.58. The van der Waals surface area contributed by atoms with Gasteiger partial charge < -0.3 is 5.32 Å². The second-order valence-corrected chi connectivity index (χ2v) is 10.0. The van der Waals surface area contributed by atoms with Gasteiger partial charge in [0.1, 0.15) is 4.83 Å². The molecule has 1 atom stereocenters. The van der Waals surface area contributed by atoms with Crippen LogP contribution >= 0.6 is 23.1 Å². The van der Waals surface area contributed by atoms with Gasteiger partial charge in [-0.05, 0) is 54.2 Å². The molecular weight excluding hydrogens is 426 g/mol. The van der Waals surface area contributed by atoms with Gasteiger partial charge in [-0.2, -0.15) is 0 Å². The lowest BCUT2D eigenvalue weighted by Crippen LogP contribution is -2.28. The number of aromatic nitrogens is 2. The molecule has 2 aromatic carbocycles. The fourth-order valence-corrected chi connectivity index (χ4v) is 6.29. The molecule has 0 saturated carbocycles. The Morgan fingerprint density at radius 2 is 2.03 bits per heavy atom. The normalized spacial score (nSPS) is 14.1. The Hall–Kier alpha value is -2.64. The number of thioether (sulfide) groups is 1. The highest BCUT2D eigenvalue weighted by molar-refractivity contribution is 7.99. The van der Waals surface area contributed by atoms with Gasteiger partial charge >= 0.3 is 0 Å². The third kappa shape index (κ3) is 3.77. The summed E-state index contributed by atoms with van der Waals surface area (Å²) in [5.41, 5.74) is 2.25. The van der Waals surface area contributed by atoms with Crippen LogP contribution in [-0.2, 0) is 24.7 Å². The summed E-state index contributed by atoms with van der Waals surface area (Å²) in [6, 6.07) is 14.3. The number of carbonyl (C=O) groups excluding carboxylic acids is 1. The van der Waals surface area contributed by atoms with Crippen LogP contribution in [0.2, 0.25) is 0 Å². The van der Waals surface area contributed by atoms with Crippen molar-refractivity contribution in [2.24, 2.45) is 7.05 Å². The Bertz CT molecular complexity index is 1370. The van der Waals surface area contributed by atoms with Crippen LogP contribution in [0.25, 0.3) is 21.0 Å². The molecule has 1 N–H and O–H groups in total. The van der Waals surface area contributed by atoms with Crippen molar-refractivity contribution in [3.63, 3.8) is 0 Å². The lowest BCUT2D eigenvalue weighted by molar-refractivity contribution is -0.119. The van der Waals surface area contributed by atoms with E-state index in [0.717, 1.165) is 40.4 Å². The van der Waals surface area contributed by atoms with Crippen molar-refractivity contribution in [2.45, 2.75) is 37.4 Å². The molecule has 0 fully saturated rings. The fourth-order valence-electron chi connectivity index (χ4n) is 4.21. The molecule has 2 heterocycles. The van der Waals surface area contributed by atoms with E-state index in [0.29, 0.717) is 5.16 Å². The topological polar surface area (TPSA) is 64.0 Å². The van der Waals surface area contributed by atoms with Crippen LogP contribution in [0.3, 0.4) is 0 Å². The van der Waals surface area contributed by atoms with E-state index < -0.39 is 0 Å². The van der Waals surface area contributed by atoms with Crippen molar-refractivity contribution >= 4 is 50.0 Å². The van der Waals surface area contributed by atoms with Crippen LogP contribution in [0.15, 0.2) is 52.4 Å². The van der Waals surface area contributed by atoms with Crippen molar-refractivity contribution in [1.29, 1.82) is 0 Å². The van der Waals surface area contributed by atoms with Crippen LogP contribution in [0.4, 0.5) is 0 Å². The second-order valence-electron chi connectivity index (χ2n) is 7.98. The Morgan fingerprint density at radius 1 is 1.23 bits per heavy atom. The number of nitrogens with zero attached hydrogens (tertiary/aromatic N) is 2. The highest BCUT2D eigenvalue weighted by Gasteiger charge is 2.22. The van der Waals surface area contributed by atoms with Crippen LogP contribution < -0.4 is 10.9 Å². The zero-order chi connectivity index (χ0) is 21.5. The Balaban J connectivity index is 1.29. The number of fused-ring (bicyclic) bond motifs is 4. The number of rotatable bonds is 5. The largest absolute Gasteiger partial charge is 0.349 e. The van der Waals surface area contributed by atoms with Crippen molar-refractivity contribution in [3.05, 3.63) is 68.8 Å². The molecule has 0 spiro atoms. The maximum absolute atomic E-state index is 12.9.